The number of nitrogens with zero attached hydrogens (tertiary/aromatic N) is 2. The van der Waals surface area contributed by atoms with Crippen LogP contribution in [0, 0.1) is 0 Å². The Kier molecular flexibility index (Phi) is 3.99. The Morgan fingerprint density at radius 1 is 1.40 bits per heavy atom. The van der Waals surface area contributed by atoms with Crippen molar-refractivity contribution in [2.45, 2.75) is 32.2 Å². The summed E-state index contributed by atoms with van der Waals surface area (Å²) < 4.78 is 0. The summed E-state index contributed by atoms with van der Waals surface area (Å²) in [4.78, 5) is 9.27. The topological polar surface area (TPSA) is 37.8 Å². The molecule has 0 saturated heterocycles. The van der Waals surface area contributed by atoms with Crippen molar-refractivity contribution < 1.29 is 0 Å². The zero-order chi connectivity index (χ0) is 13.9. The molecule has 0 bridgehead atoms. The van der Waals surface area contributed by atoms with Gasteiger partial charge in [-0.15, -0.1) is 0 Å². The van der Waals surface area contributed by atoms with Gasteiger partial charge in [0, 0.05) is 34.1 Å². The van der Waals surface area contributed by atoms with Crippen LogP contribution in [0.3, 0.4) is 0 Å². The molecular formula is C16H18ClN3. The number of hydrogen-bond donors (Lipinski definition) is 1. The van der Waals surface area contributed by atoms with Crippen LogP contribution in [0.5, 0.6) is 0 Å². The van der Waals surface area contributed by atoms with Crippen molar-refractivity contribution in [3.05, 3.63) is 46.7 Å². The molecule has 1 aliphatic rings. The molecule has 104 valence electrons. The van der Waals surface area contributed by atoms with E-state index in [0.717, 1.165) is 24.4 Å². The van der Waals surface area contributed by atoms with Crippen molar-refractivity contribution >= 4 is 11.6 Å². The van der Waals surface area contributed by atoms with Gasteiger partial charge in [-0.2, -0.15) is 0 Å². The molecule has 2 aromatic rings. The molecule has 0 radical (unpaired) electrons. The number of aromatic nitrogens is 2. The van der Waals surface area contributed by atoms with Gasteiger partial charge in [-0.25, -0.2) is 9.97 Å². The summed E-state index contributed by atoms with van der Waals surface area (Å²) in [7, 11) is 0. The summed E-state index contributed by atoms with van der Waals surface area (Å²) >= 11 is 6.04. The zero-order valence-corrected chi connectivity index (χ0v) is 12.3. The molecule has 0 saturated carbocycles. The maximum absolute atomic E-state index is 6.04. The van der Waals surface area contributed by atoms with Gasteiger partial charge >= 0.3 is 0 Å². The van der Waals surface area contributed by atoms with Crippen LogP contribution >= 0.6 is 11.6 Å². The van der Waals surface area contributed by atoms with E-state index in [1.807, 2.05) is 30.5 Å². The molecule has 1 heterocycles. The molecular weight excluding hydrogens is 270 g/mol. The Hall–Kier alpha value is -1.45. The average Bonchev–Trinajstić information content (AvgIpc) is 2.47. The van der Waals surface area contributed by atoms with Crippen LogP contribution in [0.15, 0.2) is 30.5 Å². The second-order valence-electron chi connectivity index (χ2n) is 5.11. The normalized spacial score (nSPS) is 17.8. The van der Waals surface area contributed by atoms with Crippen LogP contribution in [0.4, 0.5) is 0 Å². The number of halogens is 1. The van der Waals surface area contributed by atoms with E-state index in [-0.39, 0.29) is 0 Å². The number of benzene rings is 1. The van der Waals surface area contributed by atoms with Gasteiger partial charge in [0.1, 0.15) is 0 Å². The first-order valence-corrected chi connectivity index (χ1v) is 7.51. The quantitative estimate of drug-likeness (QED) is 0.933. The van der Waals surface area contributed by atoms with E-state index in [2.05, 4.69) is 17.2 Å². The first-order chi connectivity index (χ1) is 9.78. The van der Waals surface area contributed by atoms with E-state index < -0.39 is 0 Å². The highest BCUT2D eigenvalue weighted by Crippen LogP contribution is 2.29. The van der Waals surface area contributed by atoms with Gasteiger partial charge in [0.2, 0.25) is 0 Å². The summed E-state index contributed by atoms with van der Waals surface area (Å²) in [5, 5.41) is 4.22. The highest BCUT2D eigenvalue weighted by Gasteiger charge is 2.21. The number of fused-ring (bicyclic) bond motifs is 1. The fraction of sp³-hybridized carbons (Fsp3) is 0.375. The Labute approximate surface area is 124 Å². The Morgan fingerprint density at radius 3 is 3.10 bits per heavy atom. The molecule has 1 atom stereocenters. The van der Waals surface area contributed by atoms with Crippen molar-refractivity contribution in [2.75, 3.05) is 6.54 Å². The number of aryl methyl sites for hydroxylation is 1. The van der Waals surface area contributed by atoms with Gasteiger partial charge in [0.25, 0.3) is 0 Å². The highest BCUT2D eigenvalue weighted by atomic mass is 35.5. The summed E-state index contributed by atoms with van der Waals surface area (Å²) in [6.45, 7) is 3.11. The highest BCUT2D eigenvalue weighted by molar-refractivity contribution is 6.30. The molecule has 1 aliphatic carbocycles. The van der Waals surface area contributed by atoms with Crippen LogP contribution < -0.4 is 5.32 Å². The minimum absolute atomic E-state index is 0.400. The first-order valence-electron chi connectivity index (χ1n) is 7.13. The lowest BCUT2D eigenvalue weighted by Crippen LogP contribution is -2.25. The van der Waals surface area contributed by atoms with Crippen LogP contribution in [-0.4, -0.2) is 16.5 Å². The van der Waals surface area contributed by atoms with Crippen LogP contribution in [0.1, 0.15) is 37.1 Å². The Balaban J connectivity index is 1.97. The maximum atomic E-state index is 6.04. The summed E-state index contributed by atoms with van der Waals surface area (Å²) in [6.07, 6.45) is 5.36. The lowest BCUT2D eigenvalue weighted by molar-refractivity contribution is 0.464. The van der Waals surface area contributed by atoms with E-state index >= 15 is 0 Å². The van der Waals surface area contributed by atoms with E-state index in [4.69, 9.17) is 16.6 Å². The minimum Gasteiger partial charge on any atom is -0.310 e. The van der Waals surface area contributed by atoms with Crippen LogP contribution in [0.2, 0.25) is 5.02 Å². The molecule has 3 rings (SSSR count). The second-order valence-corrected chi connectivity index (χ2v) is 5.54. The number of hydrogen-bond acceptors (Lipinski definition) is 3. The maximum Gasteiger partial charge on any atom is 0.159 e. The third kappa shape index (κ3) is 2.69. The Bertz CT molecular complexity index is 612. The lowest BCUT2D eigenvalue weighted by atomic mass is 9.92. The first kappa shape index (κ1) is 13.5. The fourth-order valence-corrected chi connectivity index (χ4v) is 2.96. The molecule has 1 N–H and O–H groups in total. The van der Waals surface area contributed by atoms with Crippen LogP contribution in [-0.2, 0) is 6.42 Å². The Morgan fingerprint density at radius 2 is 2.30 bits per heavy atom. The van der Waals surface area contributed by atoms with Gasteiger partial charge < -0.3 is 5.32 Å². The molecule has 1 unspecified atom stereocenters. The fourth-order valence-electron chi connectivity index (χ4n) is 2.77. The molecule has 0 amide bonds. The van der Waals surface area contributed by atoms with Crippen molar-refractivity contribution in [2.24, 2.45) is 0 Å². The van der Waals surface area contributed by atoms with Crippen molar-refractivity contribution in [3.63, 3.8) is 0 Å². The predicted octanol–water partition coefficient (Wildman–Crippen LogP) is 3.78. The van der Waals surface area contributed by atoms with E-state index in [0.29, 0.717) is 11.1 Å². The number of nitrogens with one attached hydrogen (secondary N) is 1. The third-order valence-corrected chi connectivity index (χ3v) is 3.95. The van der Waals surface area contributed by atoms with Crippen molar-refractivity contribution in [3.8, 4) is 11.4 Å². The van der Waals surface area contributed by atoms with Gasteiger partial charge in [-0.05, 0) is 37.9 Å². The predicted molar refractivity (Wildman–Crippen MR) is 81.8 cm³/mol. The monoisotopic (exact) mass is 287 g/mol. The van der Waals surface area contributed by atoms with E-state index in [9.17, 15) is 0 Å². The molecule has 3 nitrogen and oxygen atoms in total. The van der Waals surface area contributed by atoms with E-state index in [1.165, 1.54) is 24.1 Å². The minimum atomic E-state index is 0.400. The lowest BCUT2D eigenvalue weighted by Gasteiger charge is -2.25. The largest absolute Gasteiger partial charge is 0.310 e. The molecule has 0 aliphatic heterocycles. The van der Waals surface area contributed by atoms with Crippen molar-refractivity contribution in [1.29, 1.82) is 0 Å². The number of rotatable bonds is 3. The smallest absolute Gasteiger partial charge is 0.159 e. The average molecular weight is 288 g/mol. The SMILES string of the molecule is CCNC1CCCc2nc(-c3cccc(Cl)c3)ncc21. The summed E-state index contributed by atoms with van der Waals surface area (Å²) in [6, 6.07) is 8.11. The standard InChI is InChI=1S/C16H18ClN3/c1-2-18-14-7-4-8-15-13(14)10-19-16(20-15)11-5-3-6-12(17)9-11/h3,5-6,9-10,14,18H,2,4,7-8H2,1H3. The molecule has 1 aromatic carbocycles. The van der Waals surface area contributed by atoms with Gasteiger partial charge in [-0.3, -0.25) is 0 Å². The molecule has 4 heteroatoms. The van der Waals surface area contributed by atoms with E-state index in [1.54, 1.807) is 0 Å². The van der Waals surface area contributed by atoms with Crippen LogP contribution in [0.25, 0.3) is 11.4 Å². The van der Waals surface area contributed by atoms with Gasteiger partial charge in [0.05, 0.1) is 0 Å². The van der Waals surface area contributed by atoms with Gasteiger partial charge in [0.15, 0.2) is 5.82 Å². The molecule has 1 aromatic heterocycles. The third-order valence-electron chi connectivity index (χ3n) is 3.72. The van der Waals surface area contributed by atoms with Crippen molar-refractivity contribution in [1.82, 2.24) is 15.3 Å². The second kappa shape index (κ2) is 5.90. The summed E-state index contributed by atoms with van der Waals surface area (Å²) in [5.41, 5.74) is 3.40. The van der Waals surface area contributed by atoms with Gasteiger partial charge in [-0.1, -0.05) is 30.7 Å². The zero-order valence-electron chi connectivity index (χ0n) is 11.6. The summed E-state index contributed by atoms with van der Waals surface area (Å²) in [5.74, 6) is 0.767. The molecule has 0 spiro atoms. The molecule has 0 fully saturated rings. The molecule has 20 heavy (non-hydrogen) atoms.